The Balaban J connectivity index is 1.68. The molecule has 21 heavy (non-hydrogen) atoms. The lowest BCUT2D eigenvalue weighted by molar-refractivity contribution is -0.152. The number of nitrogens with two attached hydrogens (primary N) is 1. The molecule has 118 valence electrons. The molecule has 3 fully saturated rings. The minimum atomic E-state index is -0.926. The van der Waals surface area contributed by atoms with Crippen molar-refractivity contribution in [1.29, 1.82) is 0 Å². The number of piperidine rings is 1. The maximum absolute atomic E-state index is 12.5. The van der Waals surface area contributed by atoms with Crippen LogP contribution in [0.2, 0.25) is 0 Å². The summed E-state index contributed by atoms with van der Waals surface area (Å²) in [7, 11) is 0. The van der Waals surface area contributed by atoms with E-state index in [0.717, 1.165) is 12.8 Å². The van der Waals surface area contributed by atoms with Crippen molar-refractivity contribution in [2.45, 2.75) is 57.9 Å². The average molecular weight is 296 g/mol. The molecule has 1 saturated heterocycles. The number of carboxylic acids is 1. The molecule has 6 nitrogen and oxygen atoms in total. The van der Waals surface area contributed by atoms with E-state index in [1.165, 1.54) is 4.90 Å². The van der Waals surface area contributed by atoms with E-state index in [2.05, 4.69) is 13.8 Å². The number of aliphatic carboxylic acids is 1. The van der Waals surface area contributed by atoms with Crippen molar-refractivity contribution in [3.63, 3.8) is 0 Å². The Bertz CT molecular complexity index is 474. The van der Waals surface area contributed by atoms with E-state index in [-0.39, 0.29) is 35.4 Å². The molecule has 3 N–H and O–H groups in total. The first-order valence-corrected chi connectivity index (χ1v) is 7.69. The number of hydrogen-bond acceptors (Lipinski definition) is 4. The molecule has 2 saturated carbocycles. The Kier molecular flexibility index (Phi) is 3.29. The van der Waals surface area contributed by atoms with Crippen LogP contribution in [0.15, 0.2) is 0 Å². The van der Waals surface area contributed by atoms with Crippen molar-refractivity contribution in [2.75, 3.05) is 6.54 Å². The van der Waals surface area contributed by atoms with E-state index in [0.29, 0.717) is 6.54 Å². The van der Waals surface area contributed by atoms with Crippen molar-refractivity contribution in [1.82, 2.24) is 4.90 Å². The Morgan fingerprint density at radius 1 is 1.38 bits per heavy atom. The standard InChI is InChI=1S/C15H24N2O4/c1-7(21-8-4-5-8)11(16)13(18)17-6-9-10(15(9,2)3)12(17)14(19)20/h7-12H,4-6,16H2,1-3H3,(H,19,20)/t7-,9+,10+,11+,12+/m1/s1. The van der Waals surface area contributed by atoms with Crippen LogP contribution in [-0.2, 0) is 14.3 Å². The molecule has 3 aliphatic rings. The first kappa shape index (κ1) is 14.8. The molecule has 0 aromatic heterocycles. The summed E-state index contributed by atoms with van der Waals surface area (Å²) in [4.78, 5) is 25.6. The second-order valence-electron chi connectivity index (χ2n) is 7.29. The first-order chi connectivity index (χ1) is 9.75. The third-order valence-corrected chi connectivity index (χ3v) is 5.47. The minimum Gasteiger partial charge on any atom is -0.480 e. The quantitative estimate of drug-likeness (QED) is 0.768. The van der Waals surface area contributed by atoms with E-state index in [4.69, 9.17) is 10.5 Å². The Hall–Kier alpha value is -1.14. The van der Waals surface area contributed by atoms with Crippen molar-refractivity contribution < 1.29 is 19.4 Å². The summed E-state index contributed by atoms with van der Waals surface area (Å²) in [5, 5.41) is 9.47. The van der Waals surface area contributed by atoms with Gasteiger partial charge in [0.25, 0.3) is 0 Å². The summed E-state index contributed by atoms with van der Waals surface area (Å²) >= 11 is 0. The zero-order valence-electron chi connectivity index (χ0n) is 12.8. The summed E-state index contributed by atoms with van der Waals surface area (Å²) in [6.07, 6.45) is 1.89. The van der Waals surface area contributed by atoms with Crippen molar-refractivity contribution >= 4 is 11.9 Å². The number of fused-ring (bicyclic) bond motifs is 1. The van der Waals surface area contributed by atoms with Gasteiger partial charge in [-0.15, -0.1) is 0 Å². The second kappa shape index (κ2) is 4.68. The number of rotatable bonds is 5. The van der Waals surface area contributed by atoms with Gasteiger partial charge in [0, 0.05) is 12.5 Å². The lowest BCUT2D eigenvalue weighted by atomic mass is 10.00. The summed E-state index contributed by atoms with van der Waals surface area (Å²) in [5.74, 6) is -0.900. The molecule has 6 heteroatoms. The van der Waals surface area contributed by atoms with E-state index in [9.17, 15) is 14.7 Å². The fraction of sp³-hybridized carbons (Fsp3) is 0.867. The minimum absolute atomic E-state index is 0.0139. The monoisotopic (exact) mass is 296 g/mol. The van der Waals surface area contributed by atoms with E-state index in [1.54, 1.807) is 6.92 Å². The molecule has 1 heterocycles. The average Bonchev–Trinajstić information content (AvgIpc) is 3.24. The highest BCUT2D eigenvalue weighted by Gasteiger charge is 2.69. The summed E-state index contributed by atoms with van der Waals surface area (Å²) < 4.78 is 5.66. The van der Waals surface area contributed by atoms with Crippen molar-refractivity contribution in [2.24, 2.45) is 23.0 Å². The molecule has 5 atom stereocenters. The largest absolute Gasteiger partial charge is 0.480 e. The normalized spacial score (nSPS) is 36.0. The molecule has 1 amide bonds. The number of carboxylic acid groups (broad SMARTS) is 1. The van der Waals surface area contributed by atoms with Crippen molar-refractivity contribution in [3.8, 4) is 0 Å². The fourth-order valence-electron chi connectivity index (χ4n) is 3.78. The zero-order chi connectivity index (χ0) is 15.5. The highest BCUT2D eigenvalue weighted by atomic mass is 16.5. The Morgan fingerprint density at radius 2 is 2.00 bits per heavy atom. The van der Waals surface area contributed by atoms with Crippen LogP contribution in [0.5, 0.6) is 0 Å². The second-order valence-corrected chi connectivity index (χ2v) is 7.29. The van der Waals surface area contributed by atoms with Gasteiger partial charge in [-0.3, -0.25) is 4.79 Å². The first-order valence-electron chi connectivity index (χ1n) is 7.69. The van der Waals surface area contributed by atoms with Crippen LogP contribution in [0.3, 0.4) is 0 Å². The third kappa shape index (κ3) is 2.34. The number of carbonyl (C=O) groups excluding carboxylic acids is 1. The molecule has 0 aromatic carbocycles. The van der Waals surface area contributed by atoms with Gasteiger partial charge in [0.2, 0.25) is 5.91 Å². The van der Waals surface area contributed by atoms with Gasteiger partial charge < -0.3 is 20.5 Å². The highest BCUT2D eigenvalue weighted by Crippen LogP contribution is 2.64. The molecular formula is C15H24N2O4. The molecule has 0 bridgehead atoms. The molecule has 3 rings (SSSR count). The van der Waals surface area contributed by atoms with E-state index >= 15 is 0 Å². The van der Waals surface area contributed by atoms with Crippen LogP contribution in [-0.4, -0.2) is 52.7 Å². The van der Waals surface area contributed by atoms with Crippen LogP contribution >= 0.6 is 0 Å². The molecule has 0 spiro atoms. The topological polar surface area (TPSA) is 92.9 Å². The number of carbonyl (C=O) groups is 2. The summed E-state index contributed by atoms with van der Waals surface area (Å²) in [6, 6.07) is -1.52. The molecule has 0 unspecified atom stereocenters. The number of nitrogens with zero attached hydrogens (tertiary/aromatic N) is 1. The van der Waals surface area contributed by atoms with Gasteiger partial charge >= 0.3 is 5.97 Å². The van der Waals surface area contributed by atoms with Crippen LogP contribution < -0.4 is 5.73 Å². The highest BCUT2D eigenvalue weighted by molar-refractivity contribution is 5.89. The molecule has 2 aliphatic carbocycles. The maximum Gasteiger partial charge on any atom is 0.326 e. The predicted octanol–water partition coefficient (Wildman–Crippen LogP) is 0.449. The van der Waals surface area contributed by atoms with Gasteiger partial charge in [0.05, 0.1) is 12.2 Å². The van der Waals surface area contributed by atoms with Crippen LogP contribution in [0.4, 0.5) is 0 Å². The third-order valence-electron chi connectivity index (χ3n) is 5.47. The van der Waals surface area contributed by atoms with Gasteiger partial charge in [-0.2, -0.15) is 0 Å². The van der Waals surface area contributed by atoms with Gasteiger partial charge in [0.15, 0.2) is 0 Å². The maximum atomic E-state index is 12.5. The smallest absolute Gasteiger partial charge is 0.326 e. The van der Waals surface area contributed by atoms with Crippen LogP contribution in [0.25, 0.3) is 0 Å². The van der Waals surface area contributed by atoms with Crippen molar-refractivity contribution in [3.05, 3.63) is 0 Å². The number of hydrogen-bond donors (Lipinski definition) is 2. The fourth-order valence-corrected chi connectivity index (χ4v) is 3.78. The SMILES string of the molecule is C[C@@H](OC1CC1)[C@H](N)C(=O)N1C[C@H]2[C@@H]([C@H]1C(=O)O)C2(C)C. The molecule has 0 radical (unpaired) electrons. The van der Waals surface area contributed by atoms with Crippen LogP contribution in [0, 0.1) is 17.3 Å². The summed E-state index contributed by atoms with van der Waals surface area (Å²) in [6.45, 7) is 6.42. The van der Waals surface area contributed by atoms with Gasteiger partial charge in [0.1, 0.15) is 12.1 Å². The Labute approximate surface area is 124 Å². The van der Waals surface area contributed by atoms with Gasteiger partial charge in [-0.1, -0.05) is 13.8 Å². The van der Waals surface area contributed by atoms with Gasteiger partial charge in [-0.05, 0) is 31.1 Å². The number of amides is 1. The van der Waals surface area contributed by atoms with Crippen LogP contribution in [0.1, 0.15) is 33.6 Å². The van der Waals surface area contributed by atoms with E-state index < -0.39 is 18.1 Å². The predicted molar refractivity (Wildman–Crippen MR) is 75.4 cm³/mol. The number of ether oxygens (including phenoxy) is 1. The Morgan fingerprint density at radius 3 is 2.52 bits per heavy atom. The molecular weight excluding hydrogens is 272 g/mol. The number of likely N-dealkylation sites (tertiary alicyclic amines) is 1. The molecule has 0 aromatic rings. The summed E-state index contributed by atoms with van der Waals surface area (Å²) in [5.41, 5.74) is 6.01. The van der Waals surface area contributed by atoms with E-state index in [1.807, 2.05) is 0 Å². The lowest BCUT2D eigenvalue weighted by Crippen LogP contribution is -2.55. The lowest BCUT2D eigenvalue weighted by Gasteiger charge is -2.31. The zero-order valence-corrected chi connectivity index (χ0v) is 12.8. The van der Waals surface area contributed by atoms with Gasteiger partial charge in [-0.25, -0.2) is 4.79 Å². The molecule has 1 aliphatic heterocycles.